The molecule has 37 heavy (non-hydrogen) atoms. The van der Waals surface area contributed by atoms with Crippen LogP contribution in [0, 0.1) is 5.41 Å². The van der Waals surface area contributed by atoms with Gasteiger partial charge in [-0.05, 0) is 49.3 Å². The van der Waals surface area contributed by atoms with Crippen molar-refractivity contribution in [3.05, 3.63) is 59.3 Å². The van der Waals surface area contributed by atoms with Crippen LogP contribution in [0.1, 0.15) is 49.9 Å². The van der Waals surface area contributed by atoms with Crippen LogP contribution in [0.25, 0.3) is 0 Å². The summed E-state index contributed by atoms with van der Waals surface area (Å²) in [5.41, 5.74) is 2.68. The molecule has 2 aliphatic heterocycles. The van der Waals surface area contributed by atoms with Crippen molar-refractivity contribution < 1.29 is 19.4 Å². The van der Waals surface area contributed by atoms with Crippen molar-refractivity contribution >= 4 is 17.7 Å². The number of nitrogens with zero attached hydrogens (tertiary/aromatic N) is 2. The zero-order valence-corrected chi connectivity index (χ0v) is 22.0. The van der Waals surface area contributed by atoms with Crippen LogP contribution in [0.4, 0.5) is 5.82 Å². The number of likely N-dealkylation sites (tertiary alicyclic amines) is 1. The summed E-state index contributed by atoms with van der Waals surface area (Å²) in [6.45, 7) is 7.56. The molecule has 0 spiro atoms. The highest BCUT2D eigenvalue weighted by Gasteiger charge is 2.32. The van der Waals surface area contributed by atoms with Crippen molar-refractivity contribution in [2.24, 2.45) is 5.41 Å². The quantitative estimate of drug-likeness (QED) is 0.404. The Hall–Kier alpha value is -2.97. The van der Waals surface area contributed by atoms with E-state index in [1.807, 2.05) is 44.2 Å². The Kier molecular flexibility index (Phi) is 9.16. The molecule has 1 aromatic heterocycles. The van der Waals surface area contributed by atoms with Crippen LogP contribution < -0.4 is 10.6 Å². The van der Waals surface area contributed by atoms with Crippen molar-refractivity contribution in [2.75, 3.05) is 38.1 Å². The van der Waals surface area contributed by atoms with Gasteiger partial charge < -0.3 is 25.4 Å². The number of aliphatic carboxylic acids is 1. The number of hydrogen-bond acceptors (Lipinski definition) is 6. The maximum Gasteiger partial charge on any atom is 0.326 e. The zero-order valence-electron chi connectivity index (χ0n) is 22.0. The highest BCUT2D eigenvalue weighted by molar-refractivity contribution is 5.87. The minimum absolute atomic E-state index is 0.137. The van der Waals surface area contributed by atoms with E-state index in [4.69, 9.17) is 9.72 Å². The number of rotatable bonds is 12. The summed E-state index contributed by atoms with van der Waals surface area (Å²) in [4.78, 5) is 31.8. The standard InChI is InChI=1S/C29H40N4O4/c1-29(2,19-21-7-4-3-5-8-21)28(36)32-25(27(34)35)13-17-33-16-12-24(20-33)37-18-14-23-11-10-22-9-6-15-30-26(22)31-23/h3-5,7-8,10-11,24-25H,6,9,12-20H2,1-2H3,(H,30,31)(H,32,36)(H,34,35)/t24-,25+/m1/s1. The predicted molar refractivity (Wildman–Crippen MR) is 144 cm³/mol. The lowest BCUT2D eigenvalue weighted by Crippen LogP contribution is -2.48. The van der Waals surface area contributed by atoms with Crippen LogP contribution in [0.15, 0.2) is 42.5 Å². The lowest BCUT2D eigenvalue weighted by molar-refractivity contribution is -0.143. The summed E-state index contributed by atoms with van der Waals surface area (Å²) in [5.74, 6) is -0.223. The smallest absolute Gasteiger partial charge is 0.326 e. The molecule has 0 aliphatic carbocycles. The number of nitrogens with one attached hydrogen (secondary N) is 2. The first-order chi connectivity index (χ1) is 17.8. The Morgan fingerprint density at radius 3 is 2.84 bits per heavy atom. The minimum Gasteiger partial charge on any atom is -0.480 e. The normalized spacial score (nSPS) is 18.6. The van der Waals surface area contributed by atoms with Gasteiger partial charge in [0, 0.05) is 43.7 Å². The van der Waals surface area contributed by atoms with E-state index in [9.17, 15) is 14.7 Å². The number of pyridine rings is 1. The Morgan fingerprint density at radius 2 is 2.05 bits per heavy atom. The molecule has 3 heterocycles. The van der Waals surface area contributed by atoms with Crippen LogP contribution in [0.5, 0.6) is 0 Å². The fourth-order valence-corrected chi connectivity index (χ4v) is 5.08. The van der Waals surface area contributed by atoms with Crippen LogP contribution >= 0.6 is 0 Å². The number of amides is 1. The Labute approximate surface area is 219 Å². The lowest BCUT2D eigenvalue weighted by Gasteiger charge is -2.27. The SMILES string of the molecule is CC(C)(Cc1ccccc1)C(=O)N[C@@H](CCN1CC[C@@H](OCCc2ccc3c(n2)NCCC3)C1)C(=O)O. The number of fused-ring (bicyclic) bond motifs is 1. The van der Waals surface area contributed by atoms with E-state index in [2.05, 4.69) is 27.7 Å². The molecule has 1 amide bonds. The summed E-state index contributed by atoms with van der Waals surface area (Å²) >= 11 is 0. The van der Waals surface area contributed by atoms with Gasteiger partial charge in [0.05, 0.1) is 12.7 Å². The Balaban J connectivity index is 1.18. The number of aryl methyl sites for hydroxylation is 1. The molecule has 0 unspecified atom stereocenters. The Morgan fingerprint density at radius 1 is 1.24 bits per heavy atom. The molecule has 1 fully saturated rings. The van der Waals surface area contributed by atoms with Crippen LogP contribution in [-0.4, -0.2) is 71.8 Å². The van der Waals surface area contributed by atoms with E-state index in [0.717, 1.165) is 62.4 Å². The maximum absolute atomic E-state index is 12.9. The van der Waals surface area contributed by atoms with E-state index in [-0.39, 0.29) is 12.0 Å². The van der Waals surface area contributed by atoms with Crippen molar-refractivity contribution in [1.29, 1.82) is 0 Å². The van der Waals surface area contributed by atoms with Crippen molar-refractivity contribution in [1.82, 2.24) is 15.2 Å². The molecule has 8 nitrogen and oxygen atoms in total. The first-order valence-corrected chi connectivity index (χ1v) is 13.4. The topological polar surface area (TPSA) is 104 Å². The number of hydrogen-bond donors (Lipinski definition) is 3. The summed E-state index contributed by atoms with van der Waals surface area (Å²) in [6, 6.07) is 13.1. The fourth-order valence-electron chi connectivity index (χ4n) is 5.08. The van der Waals surface area contributed by atoms with Gasteiger partial charge >= 0.3 is 5.97 Å². The third kappa shape index (κ3) is 7.76. The van der Waals surface area contributed by atoms with Gasteiger partial charge in [-0.2, -0.15) is 0 Å². The zero-order chi connectivity index (χ0) is 26.3. The summed E-state index contributed by atoms with van der Waals surface area (Å²) < 4.78 is 6.11. The molecule has 0 radical (unpaired) electrons. The molecule has 3 N–H and O–H groups in total. The molecule has 200 valence electrons. The molecule has 8 heteroatoms. The van der Waals surface area contributed by atoms with Gasteiger partial charge in [-0.1, -0.05) is 50.2 Å². The highest BCUT2D eigenvalue weighted by atomic mass is 16.5. The second-order valence-electron chi connectivity index (χ2n) is 10.9. The van der Waals surface area contributed by atoms with E-state index < -0.39 is 17.4 Å². The largest absolute Gasteiger partial charge is 0.480 e. The molecule has 1 saturated heterocycles. The van der Waals surface area contributed by atoms with Gasteiger partial charge in [0.1, 0.15) is 11.9 Å². The molecular formula is C29H40N4O4. The molecule has 0 saturated carbocycles. The van der Waals surface area contributed by atoms with E-state index in [1.165, 1.54) is 5.56 Å². The number of benzene rings is 1. The summed E-state index contributed by atoms with van der Waals surface area (Å²) in [5, 5.41) is 15.9. The number of ether oxygens (including phenoxy) is 1. The summed E-state index contributed by atoms with van der Waals surface area (Å²) in [6.07, 6.45) is 4.99. The molecular weight excluding hydrogens is 468 g/mol. The Bertz CT molecular complexity index is 1060. The van der Waals surface area contributed by atoms with Gasteiger partial charge in [0.25, 0.3) is 0 Å². The van der Waals surface area contributed by atoms with Gasteiger partial charge in [-0.3, -0.25) is 4.79 Å². The van der Waals surface area contributed by atoms with Gasteiger partial charge in [-0.25, -0.2) is 9.78 Å². The molecule has 2 aromatic rings. The highest BCUT2D eigenvalue weighted by Crippen LogP contribution is 2.23. The van der Waals surface area contributed by atoms with Crippen LogP contribution in [-0.2, 0) is 33.6 Å². The number of carbonyl (C=O) groups excluding carboxylic acids is 1. The average Bonchev–Trinajstić information content (AvgIpc) is 3.34. The van der Waals surface area contributed by atoms with Crippen LogP contribution in [0.3, 0.4) is 0 Å². The molecule has 4 rings (SSSR count). The van der Waals surface area contributed by atoms with Crippen molar-refractivity contribution in [3.63, 3.8) is 0 Å². The summed E-state index contributed by atoms with van der Waals surface area (Å²) in [7, 11) is 0. The third-order valence-corrected chi connectivity index (χ3v) is 7.33. The third-order valence-electron chi connectivity index (χ3n) is 7.33. The number of carbonyl (C=O) groups is 2. The van der Waals surface area contributed by atoms with Gasteiger partial charge in [-0.15, -0.1) is 0 Å². The molecule has 1 aromatic carbocycles. The second kappa shape index (κ2) is 12.5. The van der Waals surface area contributed by atoms with Crippen LogP contribution in [0.2, 0.25) is 0 Å². The van der Waals surface area contributed by atoms with E-state index >= 15 is 0 Å². The van der Waals surface area contributed by atoms with Gasteiger partial charge in [0.2, 0.25) is 5.91 Å². The molecule has 2 aliphatic rings. The average molecular weight is 509 g/mol. The number of anilines is 1. The first-order valence-electron chi connectivity index (χ1n) is 13.4. The minimum atomic E-state index is -0.997. The fraction of sp³-hybridized carbons (Fsp3) is 0.552. The predicted octanol–water partition coefficient (Wildman–Crippen LogP) is 3.30. The number of carboxylic acid groups (broad SMARTS) is 1. The maximum atomic E-state index is 12.9. The van der Waals surface area contributed by atoms with Gasteiger partial charge in [0.15, 0.2) is 0 Å². The van der Waals surface area contributed by atoms with E-state index in [1.54, 1.807) is 0 Å². The monoisotopic (exact) mass is 508 g/mol. The molecule has 2 atom stereocenters. The van der Waals surface area contributed by atoms with E-state index in [0.29, 0.717) is 26.0 Å². The van der Waals surface area contributed by atoms with Crippen molar-refractivity contribution in [2.45, 2.75) is 64.5 Å². The number of carboxylic acids is 1. The second-order valence-corrected chi connectivity index (χ2v) is 10.9. The first kappa shape index (κ1) is 27.1. The number of aromatic nitrogens is 1. The lowest BCUT2D eigenvalue weighted by atomic mass is 9.84. The molecule has 0 bridgehead atoms. The van der Waals surface area contributed by atoms with Crippen molar-refractivity contribution in [3.8, 4) is 0 Å².